The van der Waals surface area contributed by atoms with Crippen molar-refractivity contribution in [3.63, 3.8) is 0 Å². The lowest BCUT2D eigenvalue weighted by Crippen LogP contribution is -2.49. The van der Waals surface area contributed by atoms with Crippen LogP contribution in [0.3, 0.4) is 0 Å². The third-order valence-corrected chi connectivity index (χ3v) is 5.06. The summed E-state index contributed by atoms with van der Waals surface area (Å²) in [7, 11) is 0. The van der Waals surface area contributed by atoms with Gasteiger partial charge in [-0.3, -0.25) is 4.79 Å². The molecule has 1 fully saturated rings. The van der Waals surface area contributed by atoms with Crippen LogP contribution in [0.15, 0.2) is 24.3 Å². The zero-order chi connectivity index (χ0) is 15.5. The van der Waals surface area contributed by atoms with Crippen LogP contribution < -0.4 is 5.32 Å². The number of piperazine rings is 1. The Morgan fingerprint density at radius 1 is 1.41 bits per heavy atom. The molecule has 0 bridgehead atoms. The predicted octanol–water partition coefficient (Wildman–Crippen LogP) is 3.77. The number of carbonyl (C=O) groups is 1. The molecule has 2 rings (SSSR count). The number of rotatable bonds is 3. The molecule has 1 unspecified atom stereocenters. The number of thioether (sulfide) groups is 1. The van der Waals surface area contributed by atoms with E-state index < -0.39 is 0 Å². The third kappa shape index (κ3) is 5.34. The van der Waals surface area contributed by atoms with Gasteiger partial charge >= 0.3 is 0 Å². The quantitative estimate of drug-likeness (QED) is 0.887. The number of nitrogens with zero attached hydrogens (tertiary/aromatic N) is 1. The van der Waals surface area contributed by atoms with E-state index in [0.717, 1.165) is 30.2 Å². The highest BCUT2D eigenvalue weighted by molar-refractivity contribution is 8.01. The summed E-state index contributed by atoms with van der Waals surface area (Å²) >= 11 is 8.00. The molecule has 1 saturated heterocycles. The first kappa shape index (κ1) is 19.6. The molecule has 1 atom stereocenters. The van der Waals surface area contributed by atoms with E-state index in [0.29, 0.717) is 5.75 Å². The minimum absolute atomic E-state index is 0. The molecule has 0 saturated carbocycles. The molecular formula is C16H24Cl2N2OS. The number of halogens is 2. The fraction of sp³-hybridized carbons (Fsp3) is 0.562. The largest absolute Gasteiger partial charge is 0.332 e. The van der Waals surface area contributed by atoms with Gasteiger partial charge in [0, 0.05) is 29.4 Å². The van der Waals surface area contributed by atoms with Crippen LogP contribution in [0.5, 0.6) is 0 Å². The lowest BCUT2D eigenvalue weighted by Gasteiger charge is -2.37. The van der Waals surface area contributed by atoms with E-state index in [1.54, 1.807) is 11.8 Å². The minimum Gasteiger partial charge on any atom is -0.332 e. The van der Waals surface area contributed by atoms with Crippen LogP contribution in [-0.4, -0.2) is 40.9 Å². The standard InChI is InChI=1S/C16H23ClN2OS.ClH/c1-16(2,3)21-11-15(20)19-9-8-18-10-14(19)12-6-4-5-7-13(12)17;/h4-7,14,18H,8-11H2,1-3H3;1H. The van der Waals surface area contributed by atoms with Gasteiger partial charge in [0.25, 0.3) is 0 Å². The minimum atomic E-state index is 0. The second kappa shape index (κ2) is 8.44. The lowest BCUT2D eigenvalue weighted by molar-refractivity contribution is -0.131. The Balaban J connectivity index is 0.00000242. The number of carbonyl (C=O) groups excluding carboxylic acids is 1. The average molecular weight is 363 g/mol. The molecule has 22 heavy (non-hydrogen) atoms. The van der Waals surface area contributed by atoms with Crippen LogP contribution in [0.2, 0.25) is 5.02 Å². The summed E-state index contributed by atoms with van der Waals surface area (Å²) in [5.74, 6) is 0.714. The molecule has 0 aromatic heterocycles. The predicted molar refractivity (Wildman–Crippen MR) is 98.2 cm³/mol. The van der Waals surface area contributed by atoms with Gasteiger partial charge in [-0.2, -0.15) is 0 Å². The van der Waals surface area contributed by atoms with E-state index >= 15 is 0 Å². The van der Waals surface area contributed by atoms with Crippen molar-refractivity contribution < 1.29 is 4.79 Å². The molecule has 1 heterocycles. The first-order valence-electron chi connectivity index (χ1n) is 7.27. The van der Waals surface area contributed by atoms with E-state index in [2.05, 4.69) is 26.1 Å². The maximum atomic E-state index is 12.6. The molecule has 3 nitrogen and oxygen atoms in total. The smallest absolute Gasteiger partial charge is 0.233 e. The van der Waals surface area contributed by atoms with Crippen LogP contribution in [0, 0.1) is 0 Å². The highest BCUT2D eigenvalue weighted by atomic mass is 35.5. The SMILES string of the molecule is CC(C)(C)SCC(=O)N1CCNCC1c1ccccc1Cl.Cl. The summed E-state index contributed by atoms with van der Waals surface area (Å²) in [6.45, 7) is 8.73. The first-order valence-corrected chi connectivity index (χ1v) is 8.63. The number of hydrogen-bond acceptors (Lipinski definition) is 3. The van der Waals surface area contributed by atoms with Crippen molar-refractivity contribution in [3.8, 4) is 0 Å². The van der Waals surface area contributed by atoms with E-state index in [4.69, 9.17) is 11.6 Å². The monoisotopic (exact) mass is 362 g/mol. The molecule has 1 N–H and O–H groups in total. The van der Waals surface area contributed by atoms with Crippen molar-refractivity contribution in [2.24, 2.45) is 0 Å². The fourth-order valence-electron chi connectivity index (χ4n) is 2.39. The molecule has 1 aliphatic rings. The number of hydrogen-bond donors (Lipinski definition) is 1. The Morgan fingerprint density at radius 3 is 2.73 bits per heavy atom. The Bertz CT molecular complexity index is 505. The van der Waals surface area contributed by atoms with Crippen molar-refractivity contribution in [2.45, 2.75) is 31.6 Å². The second-order valence-corrected chi connectivity index (χ2v) is 8.44. The van der Waals surface area contributed by atoms with Gasteiger partial charge in [0.15, 0.2) is 0 Å². The summed E-state index contributed by atoms with van der Waals surface area (Å²) < 4.78 is 0.101. The van der Waals surface area contributed by atoms with Crippen LogP contribution in [0.1, 0.15) is 32.4 Å². The van der Waals surface area contributed by atoms with Gasteiger partial charge in [0.1, 0.15) is 0 Å². The van der Waals surface area contributed by atoms with E-state index in [-0.39, 0.29) is 29.1 Å². The normalized spacial score (nSPS) is 18.7. The third-order valence-electron chi connectivity index (χ3n) is 3.46. The molecule has 0 aliphatic carbocycles. The Kier molecular flexibility index (Phi) is 7.53. The topological polar surface area (TPSA) is 32.3 Å². The molecule has 0 radical (unpaired) electrons. The molecule has 1 aliphatic heterocycles. The van der Waals surface area contributed by atoms with Gasteiger partial charge in [-0.1, -0.05) is 50.6 Å². The maximum absolute atomic E-state index is 12.6. The Morgan fingerprint density at radius 2 is 2.09 bits per heavy atom. The summed E-state index contributed by atoms with van der Waals surface area (Å²) in [5, 5.41) is 4.09. The zero-order valence-electron chi connectivity index (χ0n) is 13.3. The summed E-state index contributed by atoms with van der Waals surface area (Å²) in [5.41, 5.74) is 1.03. The van der Waals surface area contributed by atoms with Crippen LogP contribution >= 0.6 is 35.8 Å². The highest BCUT2D eigenvalue weighted by Crippen LogP contribution is 2.30. The highest BCUT2D eigenvalue weighted by Gasteiger charge is 2.29. The first-order chi connectivity index (χ1) is 9.88. The second-order valence-electron chi connectivity index (χ2n) is 6.23. The molecule has 1 aromatic carbocycles. The van der Waals surface area contributed by atoms with Crippen molar-refractivity contribution >= 4 is 41.7 Å². The van der Waals surface area contributed by atoms with Gasteiger partial charge in [-0.15, -0.1) is 24.2 Å². The van der Waals surface area contributed by atoms with E-state index in [9.17, 15) is 4.79 Å². The van der Waals surface area contributed by atoms with Crippen molar-refractivity contribution in [1.29, 1.82) is 0 Å². The fourth-order valence-corrected chi connectivity index (χ4v) is 3.37. The number of amides is 1. The Hall–Kier alpha value is -0.420. The van der Waals surface area contributed by atoms with Gasteiger partial charge in [-0.25, -0.2) is 0 Å². The van der Waals surface area contributed by atoms with Crippen LogP contribution in [0.25, 0.3) is 0 Å². The van der Waals surface area contributed by atoms with Gasteiger partial charge in [-0.05, 0) is 11.6 Å². The molecule has 124 valence electrons. The van der Waals surface area contributed by atoms with Gasteiger partial charge < -0.3 is 10.2 Å². The molecule has 6 heteroatoms. The van der Waals surface area contributed by atoms with Crippen molar-refractivity contribution in [1.82, 2.24) is 10.2 Å². The van der Waals surface area contributed by atoms with Gasteiger partial charge in [0.2, 0.25) is 5.91 Å². The van der Waals surface area contributed by atoms with Crippen LogP contribution in [-0.2, 0) is 4.79 Å². The summed E-state index contributed by atoms with van der Waals surface area (Å²) in [6, 6.07) is 7.82. The van der Waals surface area contributed by atoms with E-state index in [1.807, 2.05) is 29.2 Å². The van der Waals surface area contributed by atoms with Crippen molar-refractivity contribution in [2.75, 3.05) is 25.4 Å². The summed E-state index contributed by atoms with van der Waals surface area (Å²) in [4.78, 5) is 14.5. The average Bonchev–Trinajstić information content (AvgIpc) is 2.44. The Labute approximate surface area is 148 Å². The molecule has 1 amide bonds. The van der Waals surface area contributed by atoms with Gasteiger partial charge in [0.05, 0.1) is 11.8 Å². The van der Waals surface area contributed by atoms with Crippen LogP contribution in [0.4, 0.5) is 0 Å². The lowest BCUT2D eigenvalue weighted by atomic mass is 10.0. The molecular weight excluding hydrogens is 339 g/mol. The zero-order valence-corrected chi connectivity index (χ0v) is 15.7. The summed E-state index contributed by atoms with van der Waals surface area (Å²) in [6.07, 6.45) is 0. The number of benzene rings is 1. The maximum Gasteiger partial charge on any atom is 0.233 e. The number of nitrogens with one attached hydrogen (secondary N) is 1. The van der Waals surface area contributed by atoms with Crippen molar-refractivity contribution in [3.05, 3.63) is 34.9 Å². The van der Waals surface area contributed by atoms with E-state index in [1.165, 1.54) is 0 Å². The molecule has 1 aromatic rings. The molecule has 0 spiro atoms.